The summed E-state index contributed by atoms with van der Waals surface area (Å²) in [6, 6.07) is 3.38. The summed E-state index contributed by atoms with van der Waals surface area (Å²) in [6.07, 6.45) is 1.24. The van der Waals surface area contributed by atoms with Gasteiger partial charge in [0.15, 0.2) is 17.3 Å². The van der Waals surface area contributed by atoms with E-state index in [2.05, 4.69) is 13.8 Å². The van der Waals surface area contributed by atoms with Gasteiger partial charge in [-0.05, 0) is 29.5 Å². The molecule has 31 heavy (non-hydrogen) atoms. The third kappa shape index (κ3) is 3.90. The molecule has 0 saturated carbocycles. The molecule has 3 aliphatic rings. The SMILES string of the molecule is COc1cc(C2CC(=O)N(N3CCOCC3)C3=C2C(=O)CC(C)(C)C3)cc(OC)c1O. The molecular weight excluding hydrogens is 400 g/mol. The molecular formula is C23H30N2O6. The molecule has 1 saturated heterocycles. The molecule has 1 atom stereocenters. The number of benzene rings is 1. The van der Waals surface area contributed by atoms with E-state index in [0.717, 1.165) is 11.3 Å². The van der Waals surface area contributed by atoms with Gasteiger partial charge >= 0.3 is 0 Å². The van der Waals surface area contributed by atoms with Crippen molar-refractivity contribution in [3.63, 3.8) is 0 Å². The minimum atomic E-state index is -0.410. The number of ketones is 1. The lowest BCUT2D eigenvalue weighted by Crippen LogP contribution is -2.55. The van der Waals surface area contributed by atoms with Gasteiger partial charge in [-0.3, -0.25) is 9.59 Å². The van der Waals surface area contributed by atoms with E-state index in [1.807, 2.05) is 5.01 Å². The number of aromatic hydroxyl groups is 1. The van der Waals surface area contributed by atoms with Gasteiger partial charge in [-0.1, -0.05) is 13.8 Å². The number of hydrazine groups is 1. The van der Waals surface area contributed by atoms with Crippen LogP contribution in [0.2, 0.25) is 0 Å². The average Bonchev–Trinajstić information content (AvgIpc) is 2.73. The number of methoxy groups -OCH3 is 2. The molecule has 2 aliphatic heterocycles. The molecule has 0 bridgehead atoms. The van der Waals surface area contributed by atoms with Gasteiger partial charge in [0.1, 0.15) is 0 Å². The summed E-state index contributed by atoms with van der Waals surface area (Å²) < 4.78 is 16.1. The second kappa shape index (κ2) is 8.16. The summed E-state index contributed by atoms with van der Waals surface area (Å²) in [6.45, 7) is 6.46. The van der Waals surface area contributed by atoms with Crippen molar-refractivity contribution in [3.8, 4) is 17.2 Å². The average molecular weight is 431 g/mol. The summed E-state index contributed by atoms with van der Waals surface area (Å²) in [5, 5.41) is 14.0. The van der Waals surface area contributed by atoms with Crippen molar-refractivity contribution >= 4 is 11.7 Å². The third-order valence-electron chi connectivity index (χ3n) is 6.29. The first kappa shape index (κ1) is 21.6. The van der Waals surface area contributed by atoms with Crippen LogP contribution in [0.5, 0.6) is 17.2 Å². The van der Waals surface area contributed by atoms with E-state index >= 15 is 0 Å². The van der Waals surface area contributed by atoms with Crippen LogP contribution < -0.4 is 9.47 Å². The second-order valence-electron chi connectivity index (χ2n) is 9.10. The van der Waals surface area contributed by atoms with Crippen molar-refractivity contribution in [1.82, 2.24) is 10.0 Å². The van der Waals surface area contributed by atoms with E-state index < -0.39 is 5.92 Å². The molecule has 1 fully saturated rings. The number of hydrogen-bond donors (Lipinski definition) is 1. The minimum absolute atomic E-state index is 0.0397. The number of morpholine rings is 1. The fraction of sp³-hybridized carbons (Fsp3) is 0.565. The molecule has 8 heteroatoms. The van der Waals surface area contributed by atoms with Crippen LogP contribution in [0.25, 0.3) is 0 Å². The van der Waals surface area contributed by atoms with Gasteiger partial charge in [0.05, 0.1) is 27.4 Å². The minimum Gasteiger partial charge on any atom is -0.502 e. The molecule has 0 aromatic heterocycles. The molecule has 8 nitrogen and oxygen atoms in total. The van der Waals surface area contributed by atoms with E-state index in [9.17, 15) is 14.7 Å². The molecule has 2 heterocycles. The molecule has 1 aromatic rings. The van der Waals surface area contributed by atoms with E-state index in [4.69, 9.17) is 14.2 Å². The number of rotatable bonds is 4. The number of amides is 1. The Morgan fingerprint density at radius 3 is 2.26 bits per heavy atom. The van der Waals surface area contributed by atoms with Crippen molar-refractivity contribution in [2.75, 3.05) is 40.5 Å². The lowest BCUT2D eigenvalue weighted by atomic mass is 9.69. The molecule has 1 N–H and O–H groups in total. The number of Topliss-reactive ketones (excluding diaryl/α,β-unsaturated/α-hetero) is 1. The number of carbonyl (C=O) groups excluding carboxylic acids is 2. The first-order chi connectivity index (χ1) is 14.8. The fourth-order valence-corrected chi connectivity index (χ4v) is 4.88. The molecule has 4 rings (SSSR count). The van der Waals surface area contributed by atoms with E-state index in [-0.39, 0.29) is 40.8 Å². The zero-order valence-electron chi connectivity index (χ0n) is 18.6. The summed E-state index contributed by atoms with van der Waals surface area (Å²) >= 11 is 0. The Labute approximate surface area is 182 Å². The van der Waals surface area contributed by atoms with Crippen LogP contribution in [0.4, 0.5) is 0 Å². The number of phenols is 1. The zero-order valence-corrected chi connectivity index (χ0v) is 18.6. The molecule has 1 amide bonds. The predicted octanol–water partition coefficient (Wildman–Crippen LogP) is 2.62. The number of ether oxygens (including phenoxy) is 3. The lowest BCUT2D eigenvalue weighted by Gasteiger charge is -2.47. The maximum absolute atomic E-state index is 13.4. The van der Waals surface area contributed by atoms with Crippen molar-refractivity contribution in [2.45, 2.75) is 39.0 Å². The van der Waals surface area contributed by atoms with Crippen LogP contribution in [-0.4, -0.2) is 67.3 Å². The molecule has 168 valence electrons. The maximum atomic E-state index is 13.4. The molecule has 0 spiro atoms. The quantitative estimate of drug-likeness (QED) is 0.786. The van der Waals surface area contributed by atoms with Gasteiger partial charge in [0, 0.05) is 43.1 Å². The van der Waals surface area contributed by atoms with Gasteiger partial charge in [0.2, 0.25) is 11.7 Å². The number of nitrogens with zero attached hydrogens (tertiary/aromatic N) is 2. The van der Waals surface area contributed by atoms with Gasteiger partial charge in [-0.25, -0.2) is 10.0 Å². The smallest absolute Gasteiger partial charge is 0.242 e. The Kier molecular flexibility index (Phi) is 5.70. The highest BCUT2D eigenvalue weighted by molar-refractivity contribution is 6.02. The lowest BCUT2D eigenvalue weighted by molar-refractivity contribution is -0.154. The third-order valence-corrected chi connectivity index (χ3v) is 6.29. The number of phenolic OH excluding ortho intramolecular Hbond substituents is 1. The first-order valence-electron chi connectivity index (χ1n) is 10.6. The predicted molar refractivity (Wildman–Crippen MR) is 113 cm³/mol. The highest BCUT2D eigenvalue weighted by Gasteiger charge is 2.46. The Hall–Kier alpha value is -2.58. The van der Waals surface area contributed by atoms with Gasteiger partial charge < -0.3 is 19.3 Å². The van der Waals surface area contributed by atoms with Crippen LogP contribution in [-0.2, 0) is 14.3 Å². The molecule has 0 radical (unpaired) electrons. The van der Waals surface area contributed by atoms with Crippen LogP contribution in [0.3, 0.4) is 0 Å². The Morgan fingerprint density at radius 2 is 1.68 bits per heavy atom. The normalized spacial score (nSPS) is 24.3. The van der Waals surface area contributed by atoms with Crippen molar-refractivity contribution < 1.29 is 28.9 Å². The largest absolute Gasteiger partial charge is 0.502 e. The van der Waals surface area contributed by atoms with Crippen LogP contribution in [0, 0.1) is 5.41 Å². The van der Waals surface area contributed by atoms with Gasteiger partial charge in [-0.2, -0.15) is 0 Å². The van der Waals surface area contributed by atoms with Crippen molar-refractivity contribution in [1.29, 1.82) is 0 Å². The van der Waals surface area contributed by atoms with Crippen LogP contribution >= 0.6 is 0 Å². The number of hydrogen-bond acceptors (Lipinski definition) is 7. The topological polar surface area (TPSA) is 88.5 Å². The monoisotopic (exact) mass is 430 g/mol. The number of carbonyl (C=O) groups is 2. The van der Waals surface area contributed by atoms with E-state index in [0.29, 0.717) is 44.7 Å². The Bertz CT molecular complexity index is 907. The van der Waals surface area contributed by atoms with Crippen LogP contribution in [0.1, 0.15) is 44.6 Å². The summed E-state index contributed by atoms with van der Waals surface area (Å²) in [7, 11) is 2.92. The van der Waals surface area contributed by atoms with Gasteiger partial charge in [0.25, 0.3) is 0 Å². The van der Waals surface area contributed by atoms with Crippen LogP contribution in [0.15, 0.2) is 23.4 Å². The maximum Gasteiger partial charge on any atom is 0.242 e. The van der Waals surface area contributed by atoms with E-state index in [1.54, 1.807) is 17.1 Å². The molecule has 1 aromatic carbocycles. The second-order valence-corrected chi connectivity index (χ2v) is 9.10. The highest BCUT2D eigenvalue weighted by Crippen LogP contribution is 2.49. The zero-order chi connectivity index (χ0) is 22.3. The molecule has 1 unspecified atom stereocenters. The van der Waals surface area contributed by atoms with Crippen molar-refractivity contribution in [3.05, 3.63) is 29.0 Å². The highest BCUT2D eigenvalue weighted by atomic mass is 16.5. The Balaban J connectivity index is 1.85. The summed E-state index contributed by atoms with van der Waals surface area (Å²) in [5.41, 5.74) is 1.96. The summed E-state index contributed by atoms with van der Waals surface area (Å²) in [5.74, 6) is 0.0180. The Morgan fingerprint density at radius 1 is 1.06 bits per heavy atom. The van der Waals surface area contributed by atoms with Crippen molar-refractivity contribution in [2.24, 2.45) is 5.41 Å². The summed E-state index contributed by atoms with van der Waals surface area (Å²) in [4.78, 5) is 26.8. The van der Waals surface area contributed by atoms with Gasteiger partial charge in [-0.15, -0.1) is 0 Å². The first-order valence-corrected chi connectivity index (χ1v) is 10.6. The standard InChI is InChI=1S/C23H30N2O6/c1-23(2)12-16-21(17(26)13-23)15(11-20(27)25(16)24-5-7-31-8-6-24)14-9-18(29-3)22(28)19(10-14)30-4/h9-10,15,28H,5-8,11-13H2,1-4H3. The van der Waals surface area contributed by atoms with E-state index in [1.165, 1.54) is 14.2 Å². The fourth-order valence-electron chi connectivity index (χ4n) is 4.88. The molecule has 1 aliphatic carbocycles. The number of allylic oxidation sites excluding steroid dienone is 2.